The van der Waals surface area contributed by atoms with Gasteiger partial charge in [-0.1, -0.05) is 226 Å². The number of carbonyl (C=O) groups is 2. The Morgan fingerprint density at radius 2 is 0.875 bits per heavy atom. The molecule has 0 aliphatic heterocycles. The van der Waals surface area contributed by atoms with Crippen molar-refractivity contribution in [2.24, 2.45) is 0 Å². The molecule has 0 aromatic carbocycles. The summed E-state index contributed by atoms with van der Waals surface area (Å²) in [6, 6.07) is -0.702. The summed E-state index contributed by atoms with van der Waals surface area (Å²) in [5.74, 6) is -0.489. The standard InChI is InChI=1S/C50H97NO5/c1-4-7-10-13-16-19-22-24-27-30-33-36-39-42-48(53)47(45-52)51-49(54)44-46(41-38-35-32-29-26-21-18-15-12-9-6-3)56-50(55)43-40-37-34-31-28-25-23-20-17-14-11-8-5-2/h29,32,46-48,52-53H,4-28,30-31,33-45H2,1-3H3,(H,51,54)/b32-29-. The minimum Gasteiger partial charge on any atom is -0.462 e. The molecule has 0 aromatic rings. The van der Waals surface area contributed by atoms with Crippen LogP contribution in [0, 0.1) is 0 Å². The van der Waals surface area contributed by atoms with Gasteiger partial charge in [-0.15, -0.1) is 0 Å². The third-order valence-corrected chi connectivity index (χ3v) is 11.6. The zero-order chi connectivity index (χ0) is 41.0. The summed E-state index contributed by atoms with van der Waals surface area (Å²) in [6.45, 7) is 6.47. The topological polar surface area (TPSA) is 95.9 Å². The Hall–Kier alpha value is -1.40. The van der Waals surface area contributed by atoms with Crippen LogP contribution in [0.5, 0.6) is 0 Å². The Morgan fingerprint density at radius 1 is 0.500 bits per heavy atom. The van der Waals surface area contributed by atoms with Crippen molar-refractivity contribution in [3.8, 4) is 0 Å². The average Bonchev–Trinajstić information content (AvgIpc) is 3.19. The van der Waals surface area contributed by atoms with Gasteiger partial charge in [-0.25, -0.2) is 0 Å². The van der Waals surface area contributed by atoms with Gasteiger partial charge in [0.2, 0.25) is 5.91 Å². The highest BCUT2D eigenvalue weighted by molar-refractivity contribution is 5.77. The van der Waals surface area contributed by atoms with E-state index in [9.17, 15) is 19.8 Å². The van der Waals surface area contributed by atoms with Gasteiger partial charge in [0.05, 0.1) is 25.2 Å². The molecular weight excluding hydrogens is 695 g/mol. The van der Waals surface area contributed by atoms with Crippen LogP contribution in [-0.4, -0.2) is 46.9 Å². The van der Waals surface area contributed by atoms with E-state index in [0.29, 0.717) is 19.3 Å². The van der Waals surface area contributed by atoms with Gasteiger partial charge in [-0.05, 0) is 44.9 Å². The summed E-state index contributed by atoms with van der Waals surface area (Å²) in [5, 5.41) is 23.7. The van der Waals surface area contributed by atoms with Crippen LogP contribution in [0.3, 0.4) is 0 Å². The number of esters is 1. The monoisotopic (exact) mass is 792 g/mol. The Bertz CT molecular complexity index is 847. The first kappa shape index (κ1) is 54.6. The molecule has 6 nitrogen and oxygen atoms in total. The predicted molar refractivity (Wildman–Crippen MR) is 241 cm³/mol. The van der Waals surface area contributed by atoms with Crippen LogP contribution in [-0.2, 0) is 14.3 Å². The van der Waals surface area contributed by atoms with E-state index in [4.69, 9.17) is 4.74 Å². The summed E-state index contributed by atoms with van der Waals surface area (Å²) in [6.07, 6.45) is 48.4. The number of hydrogen-bond donors (Lipinski definition) is 3. The normalized spacial score (nSPS) is 13.3. The second-order valence-corrected chi connectivity index (χ2v) is 17.2. The molecule has 0 saturated carbocycles. The molecule has 0 aliphatic carbocycles. The lowest BCUT2D eigenvalue weighted by Gasteiger charge is -2.24. The van der Waals surface area contributed by atoms with E-state index < -0.39 is 18.2 Å². The van der Waals surface area contributed by atoms with Crippen molar-refractivity contribution in [3.05, 3.63) is 12.2 Å². The molecule has 0 radical (unpaired) electrons. The van der Waals surface area contributed by atoms with E-state index in [1.165, 1.54) is 173 Å². The number of unbranched alkanes of at least 4 members (excludes halogenated alkanes) is 31. The highest BCUT2D eigenvalue weighted by Crippen LogP contribution is 2.18. The van der Waals surface area contributed by atoms with Crippen LogP contribution in [0.15, 0.2) is 12.2 Å². The highest BCUT2D eigenvalue weighted by Gasteiger charge is 2.24. The average molecular weight is 792 g/mol. The molecule has 0 heterocycles. The lowest BCUT2D eigenvalue weighted by Crippen LogP contribution is -2.46. The summed E-state index contributed by atoms with van der Waals surface area (Å²) >= 11 is 0. The van der Waals surface area contributed by atoms with Crippen molar-refractivity contribution in [2.45, 2.75) is 289 Å². The first-order chi connectivity index (χ1) is 27.5. The minimum absolute atomic E-state index is 0.0633. The molecule has 0 bridgehead atoms. The van der Waals surface area contributed by atoms with Gasteiger partial charge in [0, 0.05) is 6.42 Å². The van der Waals surface area contributed by atoms with Crippen LogP contribution in [0.25, 0.3) is 0 Å². The Kier molecular flexibility index (Phi) is 43.6. The quantitative estimate of drug-likeness (QED) is 0.0324. The third-order valence-electron chi connectivity index (χ3n) is 11.6. The molecule has 0 aliphatic rings. The molecule has 332 valence electrons. The molecule has 0 fully saturated rings. The van der Waals surface area contributed by atoms with Gasteiger partial charge < -0.3 is 20.3 Å². The summed E-state index contributed by atoms with van der Waals surface area (Å²) in [7, 11) is 0. The van der Waals surface area contributed by atoms with E-state index in [0.717, 1.165) is 51.4 Å². The van der Waals surface area contributed by atoms with E-state index in [-0.39, 0.29) is 24.9 Å². The molecule has 1 amide bonds. The van der Waals surface area contributed by atoms with E-state index in [1.807, 2.05) is 0 Å². The molecule has 6 heteroatoms. The van der Waals surface area contributed by atoms with Crippen molar-refractivity contribution in [1.82, 2.24) is 5.32 Å². The SMILES string of the molecule is CCCCCCCC/C=C\CCCC(CC(=O)NC(CO)C(O)CCCCCCCCCCCCCCC)OC(=O)CCCCCCCCCCCCCCC. The van der Waals surface area contributed by atoms with Gasteiger partial charge in [0.15, 0.2) is 0 Å². The van der Waals surface area contributed by atoms with Crippen molar-refractivity contribution in [2.75, 3.05) is 6.61 Å². The third kappa shape index (κ3) is 39.4. The molecule has 0 rings (SSSR count). The van der Waals surface area contributed by atoms with Gasteiger partial charge >= 0.3 is 5.97 Å². The van der Waals surface area contributed by atoms with Crippen LogP contribution in [0.1, 0.15) is 271 Å². The summed E-state index contributed by atoms with van der Waals surface area (Å²) < 4.78 is 5.90. The van der Waals surface area contributed by atoms with Crippen molar-refractivity contribution < 1.29 is 24.5 Å². The fraction of sp³-hybridized carbons (Fsp3) is 0.920. The molecular formula is C50H97NO5. The zero-order valence-electron chi connectivity index (χ0n) is 37.8. The number of rotatable bonds is 45. The molecule has 0 spiro atoms. The zero-order valence-corrected chi connectivity index (χ0v) is 37.8. The number of nitrogens with one attached hydrogen (secondary N) is 1. The molecule has 0 aromatic heterocycles. The predicted octanol–water partition coefficient (Wildman–Crippen LogP) is 14.6. The number of ether oxygens (including phenoxy) is 1. The van der Waals surface area contributed by atoms with Crippen molar-refractivity contribution >= 4 is 11.9 Å². The van der Waals surface area contributed by atoms with E-state index in [2.05, 4.69) is 38.2 Å². The molecule has 3 N–H and O–H groups in total. The maximum Gasteiger partial charge on any atom is 0.306 e. The number of hydrogen-bond acceptors (Lipinski definition) is 5. The van der Waals surface area contributed by atoms with Crippen molar-refractivity contribution in [1.29, 1.82) is 0 Å². The first-order valence-corrected chi connectivity index (χ1v) is 24.9. The fourth-order valence-electron chi connectivity index (χ4n) is 7.78. The Labute approximate surface area is 349 Å². The largest absolute Gasteiger partial charge is 0.462 e. The molecule has 56 heavy (non-hydrogen) atoms. The number of aliphatic hydroxyl groups excluding tert-OH is 2. The maximum absolute atomic E-state index is 13.1. The van der Waals surface area contributed by atoms with E-state index in [1.54, 1.807) is 0 Å². The number of allylic oxidation sites excluding steroid dienone is 2. The summed E-state index contributed by atoms with van der Waals surface area (Å²) in [5.41, 5.74) is 0. The number of aliphatic hydroxyl groups is 2. The Morgan fingerprint density at radius 3 is 1.30 bits per heavy atom. The van der Waals surface area contributed by atoms with Gasteiger partial charge in [-0.3, -0.25) is 9.59 Å². The fourth-order valence-corrected chi connectivity index (χ4v) is 7.78. The lowest BCUT2D eigenvalue weighted by molar-refractivity contribution is -0.151. The maximum atomic E-state index is 13.1. The second kappa shape index (κ2) is 44.7. The second-order valence-electron chi connectivity index (χ2n) is 17.2. The van der Waals surface area contributed by atoms with Crippen LogP contribution in [0.4, 0.5) is 0 Å². The van der Waals surface area contributed by atoms with Gasteiger partial charge in [0.1, 0.15) is 6.10 Å². The lowest BCUT2D eigenvalue weighted by atomic mass is 10.0. The smallest absolute Gasteiger partial charge is 0.306 e. The Balaban J connectivity index is 4.54. The first-order valence-electron chi connectivity index (χ1n) is 24.9. The number of carbonyl (C=O) groups excluding carboxylic acids is 2. The number of amides is 1. The highest BCUT2D eigenvalue weighted by atomic mass is 16.5. The van der Waals surface area contributed by atoms with Gasteiger partial charge in [0.25, 0.3) is 0 Å². The molecule has 0 saturated heterocycles. The van der Waals surface area contributed by atoms with E-state index >= 15 is 0 Å². The molecule has 3 atom stereocenters. The molecule has 3 unspecified atom stereocenters. The summed E-state index contributed by atoms with van der Waals surface area (Å²) in [4.78, 5) is 26.0. The van der Waals surface area contributed by atoms with Crippen LogP contribution >= 0.6 is 0 Å². The van der Waals surface area contributed by atoms with Crippen molar-refractivity contribution in [3.63, 3.8) is 0 Å². The van der Waals surface area contributed by atoms with Gasteiger partial charge in [-0.2, -0.15) is 0 Å². The van der Waals surface area contributed by atoms with Crippen LogP contribution in [0.2, 0.25) is 0 Å². The van der Waals surface area contributed by atoms with Crippen LogP contribution < -0.4 is 5.32 Å². The minimum atomic E-state index is -0.787.